The highest BCUT2D eigenvalue weighted by molar-refractivity contribution is 5.87. The number of benzene rings is 1. The molecule has 2 atom stereocenters. The van der Waals surface area contributed by atoms with Gasteiger partial charge in [-0.25, -0.2) is 4.79 Å². The molecular formula is C13H16O3. The van der Waals surface area contributed by atoms with Crippen molar-refractivity contribution in [2.45, 2.75) is 25.6 Å². The zero-order chi connectivity index (χ0) is 11.8. The molecule has 0 N–H and O–H groups in total. The SMILES string of the molecule is CO[C@@]1(c2ccccc2)C(=O)O[C@@H]1C(C)C. The Bertz CT molecular complexity index is 385. The lowest BCUT2D eigenvalue weighted by Gasteiger charge is -2.47. The van der Waals surface area contributed by atoms with Crippen LogP contribution in [0.25, 0.3) is 0 Å². The molecule has 1 aliphatic rings. The predicted octanol–water partition coefficient (Wildman–Crippen LogP) is 2.11. The van der Waals surface area contributed by atoms with E-state index in [4.69, 9.17) is 9.47 Å². The summed E-state index contributed by atoms with van der Waals surface area (Å²) < 4.78 is 10.7. The molecule has 0 saturated carbocycles. The van der Waals surface area contributed by atoms with Gasteiger partial charge in [0, 0.05) is 7.11 Å². The Kier molecular flexibility index (Phi) is 2.72. The first kappa shape index (κ1) is 11.1. The molecule has 3 nitrogen and oxygen atoms in total. The van der Waals surface area contributed by atoms with Crippen molar-refractivity contribution in [3.05, 3.63) is 35.9 Å². The van der Waals surface area contributed by atoms with Gasteiger partial charge >= 0.3 is 5.97 Å². The molecule has 1 aromatic carbocycles. The first-order valence-electron chi connectivity index (χ1n) is 5.44. The van der Waals surface area contributed by atoms with Crippen molar-refractivity contribution >= 4 is 5.97 Å². The van der Waals surface area contributed by atoms with Crippen LogP contribution in [0.4, 0.5) is 0 Å². The molecule has 0 amide bonds. The van der Waals surface area contributed by atoms with Crippen LogP contribution in [-0.2, 0) is 19.9 Å². The molecule has 2 rings (SSSR count). The van der Waals surface area contributed by atoms with E-state index in [9.17, 15) is 4.79 Å². The van der Waals surface area contributed by atoms with Crippen LogP contribution in [0.3, 0.4) is 0 Å². The van der Waals surface area contributed by atoms with Crippen LogP contribution in [-0.4, -0.2) is 19.2 Å². The molecule has 86 valence electrons. The van der Waals surface area contributed by atoms with E-state index in [0.717, 1.165) is 5.56 Å². The fourth-order valence-corrected chi connectivity index (χ4v) is 2.23. The Balaban J connectivity index is 2.43. The number of ether oxygens (including phenoxy) is 2. The minimum atomic E-state index is -0.907. The van der Waals surface area contributed by atoms with Crippen LogP contribution in [0.2, 0.25) is 0 Å². The molecular weight excluding hydrogens is 204 g/mol. The maximum Gasteiger partial charge on any atom is 0.347 e. The molecule has 0 unspecified atom stereocenters. The molecule has 0 aromatic heterocycles. The first-order chi connectivity index (χ1) is 7.63. The third-order valence-electron chi connectivity index (χ3n) is 3.07. The number of rotatable bonds is 3. The minimum Gasteiger partial charge on any atom is -0.455 e. The van der Waals surface area contributed by atoms with Gasteiger partial charge in [0.15, 0.2) is 0 Å². The lowest BCUT2D eigenvalue weighted by Crippen LogP contribution is -2.63. The van der Waals surface area contributed by atoms with Gasteiger partial charge in [-0.05, 0) is 11.5 Å². The summed E-state index contributed by atoms with van der Waals surface area (Å²) >= 11 is 0. The van der Waals surface area contributed by atoms with E-state index in [-0.39, 0.29) is 18.0 Å². The number of esters is 1. The van der Waals surface area contributed by atoms with Gasteiger partial charge in [0.1, 0.15) is 6.10 Å². The summed E-state index contributed by atoms with van der Waals surface area (Å²) in [5, 5.41) is 0. The van der Waals surface area contributed by atoms with Gasteiger partial charge in [-0.3, -0.25) is 0 Å². The Morgan fingerprint density at radius 1 is 1.31 bits per heavy atom. The van der Waals surface area contributed by atoms with Gasteiger partial charge in [0.25, 0.3) is 0 Å². The summed E-state index contributed by atoms with van der Waals surface area (Å²) in [6.07, 6.45) is -0.201. The highest BCUT2D eigenvalue weighted by atomic mass is 16.6. The second-order valence-electron chi connectivity index (χ2n) is 4.38. The van der Waals surface area contributed by atoms with E-state index in [1.165, 1.54) is 0 Å². The highest BCUT2D eigenvalue weighted by Gasteiger charge is 2.61. The van der Waals surface area contributed by atoms with Crippen LogP contribution in [0.5, 0.6) is 0 Å². The summed E-state index contributed by atoms with van der Waals surface area (Å²) in [4.78, 5) is 11.8. The summed E-state index contributed by atoms with van der Waals surface area (Å²) in [6, 6.07) is 9.53. The van der Waals surface area contributed by atoms with E-state index in [2.05, 4.69) is 0 Å². The van der Waals surface area contributed by atoms with Crippen molar-refractivity contribution in [2.75, 3.05) is 7.11 Å². The Morgan fingerprint density at radius 2 is 1.94 bits per heavy atom. The van der Waals surface area contributed by atoms with Crippen LogP contribution >= 0.6 is 0 Å². The maximum absolute atomic E-state index is 11.8. The number of carbonyl (C=O) groups is 1. The van der Waals surface area contributed by atoms with Gasteiger partial charge in [-0.15, -0.1) is 0 Å². The molecule has 0 aliphatic carbocycles. The van der Waals surface area contributed by atoms with Gasteiger partial charge < -0.3 is 9.47 Å². The number of hydrogen-bond acceptors (Lipinski definition) is 3. The second-order valence-corrected chi connectivity index (χ2v) is 4.38. The lowest BCUT2D eigenvalue weighted by atomic mass is 9.78. The molecule has 0 bridgehead atoms. The first-order valence-corrected chi connectivity index (χ1v) is 5.44. The van der Waals surface area contributed by atoms with E-state index >= 15 is 0 Å². The predicted molar refractivity (Wildman–Crippen MR) is 59.8 cm³/mol. The second kappa shape index (κ2) is 3.91. The monoisotopic (exact) mass is 220 g/mol. The average molecular weight is 220 g/mol. The number of hydrogen-bond donors (Lipinski definition) is 0. The molecule has 1 fully saturated rings. The lowest BCUT2D eigenvalue weighted by molar-refractivity contribution is -0.248. The van der Waals surface area contributed by atoms with Crippen molar-refractivity contribution in [2.24, 2.45) is 5.92 Å². The molecule has 1 aliphatic heterocycles. The topological polar surface area (TPSA) is 35.5 Å². The van der Waals surface area contributed by atoms with E-state index in [1.54, 1.807) is 7.11 Å². The molecule has 1 heterocycles. The molecule has 3 heteroatoms. The van der Waals surface area contributed by atoms with Gasteiger partial charge in [0.05, 0.1) is 0 Å². The van der Waals surface area contributed by atoms with Crippen LogP contribution in [0.1, 0.15) is 19.4 Å². The van der Waals surface area contributed by atoms with Gasteiger partial charge in [-0.1, -0.05) is 44.2 Å². The van der Waals surface area contributed by atoms with Gasteiger partial charge in [0.2, 0.25) is 5.60 Å². The quantitative estimate of drug-likeness (QED) is 0.732. The number of cyclic esters (lactones) is 1. The van der Waals surface area contributed by atoms with Crippen molar-refractivity contribution in [1.82, 2.24) is 0 Å². The summed E-state index contributed by atoms with van der Waals surface area (Å²) in [5.74, 6) is -0.0576. The van der Waals surface area contributed by atoms with Crippen molar-refractivity contribution in [3.63, 3.8) is 0 Å². The molecule has 16 heavy (non-hydrogen) atoms. The minimum absolute atomic E-state index is 0.201. The third-order valence-corrected chi connectivity index (χ3v) is 3.07. The molecule has 1 saturated heterocycles. The zero-order valence-corrected chi connectivity index (χ0v) is 9.77. The fraction of sp³-hybridized carbons (Fsp3) is 0.462. The largest absolute Gasteiger partial charge is 0.455 e. The normalized spacial score (nSPS) is 28.8. The van der Waals surface area contributed by atoms with E-state index < -0.39 is 5.60 Å². The summed E-state index contributed by atoms with van der Waals surface area (Å²) in [6.45, 7) is 4.04. The van der Waals surface area contributed by atoms with Crippen molar-refractivity contribution in [3.8, 4) is 0 Å². The number of carbonyl (C=O) groups excluding carboxylic acids is 1. The summed E-state index contributed by atoms with van der Waals surface area (Å²) in [7, 11) is 1.56. The summed E-state index contributed by atoms with van der Waals surface area (Å²) in [5.41, 5.74) is -0.0393. The Hall–Kier alpha value is -1.35. The van der Waals surface area contributed by atoms with E-state index in [0.29, 0.717) is 0 Å². The van der Waals surface area contributed by atoms with Crippen molar-refractivity contribution < 1.29 is 14.3 Å². The fourth-order valence-electron chi connectivity index (χ4n) is 2.23. The smallest absolute Gasteiger partial charge is 0.347 e. The third kappa shape index (κ3) is 1.35. The highest BCUT2D eigenvalue weighted by Crippen LogP contribution is 2.43. The molecule has 0 radical (unpaired) electrons. The van der Waals surface area contributed by atoms with Crippen LogP contribution in [0.15, 0.2) is 30.3 Å². The molecule has 0 spiro atoms. The average Bonchev–Trinajstić information content (AvgIpc) is 2.28. The van der Waals surface area contributed by atoms with Crippen LogP contribution < -0.4 is 0 Å². The zero-order valence-electron chi connectivity index (χ0n) is 9.77. The van der Waals surface area contributed by atoms with Crippen LogP contribution in [0, 0.1) is 5.92 Å². The number of methoxy groups -OCH3 is 1. The molecule has 1 aromatic rings. The Morgan fingerprint density at radius 3 is 2.38 bits per heavy atom. The Labute approximate surface area is 95.4 Å². The van der Waals surface area contributed by atoms with Crippen molar-refractivity contribution in [1.29, 1.82) is 0 Å². The van der Waals surface area contributed by atoms with E-state index in [1.807, 2.05) is 44.2 Å². The van der Waals surface area contributed by atoms with Gasteiger partial charge in [-0.2, -0.15) is 0 Å². The maximum atomic E-state index is 11.8. The standard InChI is InChI=1S/C13H16O3/c1-9(2)11-13(15-3,12(14)16-11)10-7-5-4-6-8-10/h4-9,11H,1-3H3/t11-,13-/m1/s1.